The van der Waals surface area contributed by atoms with Crippen molar-refractivity contribution in [2.45, 2.75) is 51.7 Å². The van der Waals surface area contributed by atoms with Crippen LogP contribution in [0.4, 0.5) is 10.1 Å². The van der Waals surface area contributed by atoms with E-state index in [1.165, 1.54) is 0 Å². The molecule has 0 saturated carbocycles. The van der Waals surface area contributed by atoms with Crippen LogP contribution in [0.15, 0.2) is 23.2 Å². The molecule has 2 saturated heterocycles. The van der Waals surface area contributed by atoms with E-state index in [0.29, 0.717) is 50.5 Å². The Morgan fingerprint density at radius 3 is 2.52 bits per heavy atom. The summed E-state index contributed by atoms with van der Waals surface area (Å²) in [6, 6.07) is 5.34. The molecule has 3 rings (SSSR count). The maximum absolute atomic E-state index is 14.7. The highest BCUT2D eigenvalue weighted by molar-refractivity contribution is 5.80. The number of benzene rings is 1. The molecule has 0 aliphatic carbocycles. The Morgan fingerprint density at radius 2 is 1.90 bits per heavy atom. The molecule has 0 aromatic heterocycles. The largest absolute Gasteiger partial charge is 0.393 e. The Kier molecular flexibility index (Phi) is 8.51. The van der Waals surface area contributed by atoms with Crippen LogP contribution >= 0.6 is 0 Å². The third-order valence-corrected chi connectivity index (χ3v) is 6.23. The van der Waals surface area contributed by atoms with E-state index in [4.69, 9.17) is 4.99 Å². The van der Waals surface area contributed by atoms with Crippen LogP contribution in [0, 0.1) is 11.7 Å². The average molecular weight is 434 g/mol. The number of amides is 1. The van der Waals surface area contributed by atoms with Gasteiger partial charge < -0.3 is 25.5 Å². The van der Waals surface area contributed by atoms with Gasteiger partial charge >= 0.3 is 0 Å². The molecule has 2 aliphatic rings. The van der Waals surface area contributed by atoms with Crippen molar-refractivity contribution >= 4 is 17.6 Å². The molecule has 1 aromatic rings. The predicted molar refractivity (Wildman–Crippen MR) is 122 cm³/mol. The van der Waals surface area contributed by atoms with Crippen LogP contribution in [-0.4, -0.2) is 67.7 Å². The zero-order valence-corrected chi connectivity index (χ0v) is 18.7. The Bertz CT molecular complexity index is 756. The number of guanidine groups is 1. The number of halogens is 1. The number of anilines is 1. The maximum Gasteiger partial charge on any atom is 0.220 e. The zero-order chi connectivity index (χ0) is 22.2. The first-order valence-corrected chi connectivity index (χ1v) is 11.5. The second kappa shape index (κ2) is 11.3. The van der Waals surface area contributed by atoms with Gasteiger partial charge in [0.1, 0.15) is 5.82 Å². The monoisotopic (exact) mass is 433 g/mol. The Balaban J connectivity index is 1.59. The van der Waals surface area contributed by atoms with Crippen LogP contribution in [0.5, 0.6) is 0 Å². The number of carbonyl (C=O) groups excluding carboxylic acids is 1. The zero-order valence-electron chi connectivity index (χ0n) is 18.7. The number of hydrogen-bond acceptors (Lipinski definition) is 4. The van der Waals surface area contributed by atoms with Crippen molar-refractivity contribution in [1.82, 2.24) is 15.5 Å². The number of nitrogens with one attached hydrogen (secondary N) is 2. The fourth-order valence-electron chi connectivity index (χ4n) is 4.32. The molecular weight excluding hydrogens is 397 g/mol. The number of carbonyl (C=O) groups is 1. The van der Waals surface area contributed by atoms with Crippen molar-refractivity contribution in [3.8, 4) is 0 Å². The summed E-state index contributed by atoms with van der Waals surface area (Å²) in [4.78, 5) is 20.6. The number of rotatable bonds is 6. The number of hydrogen-bond donors (Lipinski definition) is 3. The van der Waals surface area contributed by atoms with E-state index >= 15 is 0 Å². The van der Waals surface area contributed by atoms with Crippen molar-refractivity contribution in [1.29, 1.82) is 0 Å². The predicted octanol–water partition coefficient (Wildman–Crippen LogP) is 2.10. The molecular formula is C23H36FN5O2. The number of aliphatic hydroxyl groups is 1. The highest BCUT2D eigenvalue weighted by Gasteiger charge is 2.23. The summed E-state index contributed by atoms with van der Waals surface area (Å²) in [5, 5.41) is 15.7. The molecule has 0 atom stereocenters. The van der Waals surface area contributed by atoms with Crippen molar-refractivity contribution in [2.24, 2.45) is 10.9 Å². The van der Waals surface area contributed by atoms with Crippen molar-refractivity contribution in [3.63, 3.8) is 0 Å². The van der Waals surface area contributed by atoms with Crippen LogP contribution < -0.4 is 15.5 Å². The minimum atomic E-state index is -0.272. The lowest BCUT2D eigenvalue weighted by atomic mass is 9.93. The molecule has 0 radical (unpaired) electrons. The second-order valence-corrected chi connectivity index (χ2v) is 8.48. The fourth-order valence-corrected chi connectivity index (χ4v) is 4.32. The molecule has 2 heterocycles. The first-order chi connectivity index (χ1) is 15.0. The lowest BCUT2D eigenvalue weighted by Crippen LogP contribution is -2.46. The first-order valence-electron chi connectivity index (χ1n) is 11.5. The molecule has 2 fully saturated rings. The second-order valence-electron chi connectivity index (χ2n) is 8.48. The van der Waals surface area contributed by atoms with Crippen LogP contribution in [0.2, 0.25) is 0 Å². The highest BCUT2D eigenvalue weighted by atomic mass is 19.1. The Morgan fingerprint density at radius 1 is 1.19 bits per heavy atom. The molecule has 0 unspecified atom stereocenters. The number of nitrogens with zero attached hydrogens (tertiary/aromatic N) is 3. The molecule has 2 aliphatic heterocycles. The molecule has 172 valence electrons. The quantitative estimate of drug-likeness (QED) is 0.473. The minimum absolute atomic E-state index is 0.102. The van der Waals surface area contributed by atoms with E-state index in [1.807, 2.05) is 24.0 Å². The van der Waals surface area contributed by atoms with Gasteiger partial charge in [-0.15, -0.1) is 0 Å². The lowest BCUT2D eigenvalue weighted by molar-refractivity contribution is -0.121. The normalized spacial score (nSPS) is 18.9. The smallest absolute Gasteiger partial charge is 0.220 e. The maximum atomic E-state index is 14.7. The third-order valence-electron chi connectivity index (χ3n) is 6.23. The van der Waals surface area contributed by atoms with Gasteiger partial charge in [0.2, 0.25) is 5.91 Å². The van der Waals surface area contributed by atoms with Gasteiger partial charge in [-0.1, -0.05) is 6.07 Å². The van der Waals surface area contributed by atoms with Crippen molar-refractivity contribution in [3.05, 3.63) is 29.6 Å². The summed E-state index contributed by atoms with van der Waals surface area (Å²) >= 11 is 0. The van der Waals surface area contributed by atoms with Crippen molar-refractivity contribution in [2.75, 3.05) is 44.7 Å². The molecule has 1 aromatic carbocycles. The van der Waals surface area contributed by atoms with E-state index in [1.54, 1.807) is 13.1 Å². The summed E-state index contributed by atoms with van der Waals surface area (Å²) in [6.45, 7) is 6.30. The highest BCUT2D eigenvalue weighted by Crippen LogP contribution is 2.25. The van der Waals surface area contributed by atoms with Gasteiger partial charge in [-0.3, -0.25) is 4.79 Å². The molecule has 0 bridgehead atoms. The van der Waals surface area contributed by atoms with Gasteiger partial charge in [0.15, 0.2) is 5.96 Å². The molecule has 8 heteroatoms. The van der Waals surface area contributed by atoms with Gasteiger partial charge in [0.25, 0.3) is 0 Å². The minimum Gasteiger partial charge on any atom is -0.393 e. The number of aliphatic imine (C=N–C) groups is 1. The van der Waals surface area contributed by atoms with Gasteiger partial charge in [-0.2, -0.15) is 0 Å². The third kappa shape index (κ3) is 6.56. The Hall–Kier alpha value is -2.35. The number of likely N-dealkylation sites (tertiary alicyclic amines) is 1. The molecule has 3 N–H and O–H groups in total. The first kappa shape index (κ1) is 23.3. The van der Waals surface area contributed by atoms with Crippen LogP contribution in [-0.2, 0) is 11.3 Å². The molecule has 31 heavy (non-hydrogen) atoms. The van der Waals surface area contributed by atoms with E-state index in [-0.39, 0.29) is 17.8 Å². The summed E-state index contributed by atoms with van der Waals surface area (Å²) in [6.07, 6.45) is 3.59. The van der Waals surface area contributed by atoms with Crippen molar-refractivity contribution < 1.29 is 14.3 Å². The van der Waals surface area contributed by atoms with Gasteiger partial charge in [0.05, 0.1) is 18.3 Å². The lowest BCUT2D eigenvalue weighted by Gasteiger charge is -2.34. The number of piperidine rings is 2. The van der Waals surface area contributed by atoms with E-state index in [9.17, 15) is 14.3 Å². The van der Waals surface area contributed by atoms with Crippen LogP contribution in [0.1, 0.15) is 44.6 Å². The van der Waals surface area contributed by atoms with E-state index < -0.39 is 0 Å². The number of aliphatic hydroxyl groups excluding tert-OH is 1. The topological polar surface area (TPSA) is 80.2 Å². The average Bonchev–Trinajstić information content (AvgIpc) is 2.78. The van der Waals surface area contributed by atoms with Crippen LogP contribution in [0.25, 0.3) is 0 Å². The van der Waals surface area contributed by atoms with E-state index in [2.05, 4.69) is 15.5 Å². The van der Waals surface area contributed by atoms with Gasteiger partial charge in [-0.05, 0) is 56.2 Å². The summed E-state index contributed by atoms with van der Waals surface area (Å²) in [7, 11) is 1.68. The molecule has 1 amide bonds. The summed E-state index contributed by atoms with van der Waals surface area (Å²) in [5.74, 6) is 1.13. The SMILES string of the molecule is CCNC(=NCc1ccc(N2CCC(O)CC2)c(F)c1)N1CCC(CC(=O)NC)CC1. The van der Waals surface area contributed by atoms with E-state index in [0.717, 1.165) is 44.0 Å². The fraction of sp³-hybridized carbons (Fsp3) is 0.652. The summed E-state index contributed by atoms with van der Waals surface area (Å²) in [5.41, 5.74) is 1.44. The van der Waals surface area contributed by atoms with Crippen LogP contribution in [0.3, 0.4) is 0 Å². The standard InChI is InChI=1S/C23H36FN5O2/c1-3-26-23(29-10-6-17(7-11-29)15-22(31)25-2)27-16-18-4-5-21(20(24)14-18)28-12-8-19(30)9-13-28/h4-5,14,17,19,30H,3,6-13,15-16H2,1-2H3,(H,25,31)(H,26,27). The van der Waals surface area contributed by atoms with Gasteiger partial charge in [-0.25, -0.2) is 9.38 Å². The Labute approximate surface area is 184 Å². The molecule has 0 spiro atoms. The van der Waals surface area contributed by atoms with Gasteiger partial charge in [0, 0.05) is 46.2 Å². The summed E-state index contributed by atoms with van der Waals surface area (Å²) < 4.78 is 14.7. The molecule has 7 nitrogen and oxygen atoms in total.